The highest BCUT2D eigenvalue weighted by Crippen LogP contribution is 2.44. The summed E-state index contributed by atoms with van der Waals surface area (Å²) in [4.78, 5) is 18.7. The van der Waals surface area contributed by atoms with E-state index >= 15 is 0 Å². The molecule has 5 heterocycles. The van der Waals surface area contributed by atoms with E-state index in [1.165, 1.54) is 66.6 Å². The van der Waals surface area contributed by atoms with Crippen LogP contribution in [0.1, 0.15) is 152 Å². The Labute approximate surface area is 265 Å². The first-order chi connectivity index (χ1) is 21.5. The summed E-state index contributed by atoms with van der Waals surface area (Å²) in [5, 5.41) is 0. The predicted molar refractivity (Wildman–Crippen MR) is 192 cm³/mol. The SMILES string of the molecule is CCCC1=C(CCC)c2nc1ccc1[nH]c(cc3[nH]c(cc4nc2C(CCC)=C4CCC)c(CC)c3CC)c(CC)c1CC. The molecule has 4 nitrogen and oxygen atoms in total. The molecule has 0 aromatic carbocycles. The Balaban J connectivity index is 2.03. The fraction of sp³-hybridized carbons (Fsp3) is 0.500. The maximum absolute atomic E-state index is 5.52. The van der Waals surface area contributed by atoms with Gasteiger partial charge in [0.05, 0.1) is 22.8 Å². The third kappa shape index (κ3) is 5.73. The molecule has 2 N–H and O–H groups in total. The maximum atomic E-state index is 5.52. The van der Waals surface area contributed by atoms with Crippen molar-refractivity contribution in [2.24, 2.45) is 0 Å². The lowest BCUT2D eigenvalue weighted by Gasteiger charge is -2.10. The molecule has 0 radical (unpaired) electrons. The standard InChI is InChI=1S/C40H54N4/c1-9-17-29-31(19-11-3)39-40-32(20-12-4)30(18-10-2)38(44-40)24-37-28(16-8)27(15-7)36(42-37)23-35-26(14-6)25(13-5)33(41-35)21-22-34(29)43-39/h21-24,41-42H,9-20H2,1-8H3. The van der Waals surface area contributed by atoms with Crippen LogP contribution in [0.3, 0.4) is 0 Å². The predicted octanol–water partition coefficient (Wildman–Crippen LogP) is 11.6. The second-order valence-electron chi connectivity index (χ2n) is 12.5. The fourth-order valence-corrected chi connectivity index (χ4v) is 7.66. The lowest BCUT2D eigenvalue weighted by molar-refractivity contribution is 0.943. The molecule has 2 aliphatic rings. The first kappa shape index (κ1) is 32.0. The van der Waals surface area contributed by atoms with Gasteiger partial charge in [0.15, 0.2) is 0 Å². The molecule has 0 fully saturated rings. The first-order valence-electron chi connectivity index (χ1n) is 17.7. The molecule has 8 bridgehead atoms. The number of aryl methyl sites for hydroxylation is 4. The Kier molecular flexibility index (Phi) is 10.3. The van der Waals surface area contributed by atoms with E-state index in [0.717, 1.165) is 99.8 Å². The number of H-pyrrole nitrogens is 2. The Morgan fingerprint density at radius 3 is 1.30 bits per heavy atom. The third-order valence-electron chi connectivity index (χ3n) is 9.57. The van der Waals surface area contributed by atoms with Crippen molar-refractivity contribution in [1.29, 1.82) is 0 Å². The highest BCUT2D eigenvalue weighted by Gasteiger charge is 2.28. The van der Waals surface area contributed by atoms with Crippen LogP contribution in [0, 0.1) is 0 Å². The van der Waals surface area contributed by atoms with Crippen LogP contribution in [-0.2, 0) is 25.7 Å². The van der Waals surface area contributed by atoms with Gasteiger partial charge in [0.25, 0.3) is 0 Å². The summed E-state index contributed by atoms with van der Waals surface area (Å²) in [6.07, 6.45) is 12.6. The molecular formula is C40H54N4. The Hall–Kier alpha value is -3.40. The van der Waals surface area contributed by atoms with Crippen molar-refractivity contribution < 1.29 is 0 Å². The van der Waals surface area contributed by atoms with Crippen LogP contribution >= 0.6 is 0 Å². The Morgan fingerprint density at radius 2 is 0.818 bits per heavy atom. The number of aromatic nitrogens is 4. The largest absolute Gasteiger partial charge is 0.355 e. The van der Waals surface area contributed by atoms with E-state index in [9.17, 15) is 0 Å². The van der Waals surface area contributed by atoms with Gasteiger partial charge in [-0.2, -0.15) is 0 Å². The Morgan fingerprint density at radius 1 is 0.432 bits per heavy atom. The van der Waals surface area contributed by atoms with E-state index in [-0.39, 0.29) is 0 Å². The van der Waals surface area contributed by atoms with E-state index in [2.05, 4.69) is 89.6 Å². The summed E-state index contributed by atoms with van der Waals surface area (Å²) in [5.74, 6) is 0. The number of allylic oxidation sites excluding steroid dienone is 4. The molecule has 3 aromatic rings. The monoisotopic (exact) mass is 590 g/mol. The van der Waals surface area contributed by atoms with Crippen molar-refractivity contribution in [3.05, 3.63) is 69.3 Å². The van der Waals surface area contributed by atoms with Crippen LogP contribution < -0.4 is 0 Å². The summed E-state index contributed by atoms with van der Waals surface area (Å²) in [7, 11) is 0. The van der Waals surface area contributed by atoms with Gasteiger partial charge in [0.1, 0.15) is 0 Å². The molecule has 0 saturated carbocycles. The summed E-state index contributed by atoms with van der Waals surface area (Å²) in [6, 6.07) is 9.32. The van der Waals surface area contributed by atoms with Crippen molar-refractivity contribution >= 4 is 44.4 Å². The molecule has 2 aliphatic heterocycles. The summed E-state index contributed by atoms with van der Waals surface area (Å²) >= 11 is 0. The third-order valence-corrected chi connectivity index (χ3v) is 9.57. The van der Waals surface area contributed by atoms with Crippen molar-refractivity contribution in [3.63, 3.8) is 0 Å². The average molecular weight is 591 g/mol. The normalized spacial score (nSPS) is 13.5. The van der Waals surface area contributed by atoms with Gasteiger partial charge in [0.2, 0.25) is 0 Å². The molecule has 0 amide bonds. The molecule has 0 saturated heterocycles. The number of fused-ring (bicyclic) bond motifs is 9. The van der Waals surface area contributed by atoms with Gasteiger partial charge in [0, 0.05) is 22.1 Å². The van der Waals surface area contributed by atoms with Crippen LogP contribution in [0.5, 0.6) is 0 Å². The number of nitrogens with zero attached hydrogens (tertiary/aromatic N) is 2. The van der Waals surface area contributed by atoms with Crippen LogP contribution in [0.2, 0.25) is 0 Å². The van der Waals surface area contributed by atoms with Crippen molar-refractivity contribution in [3.8, 4) is 0 Å². The first-order valence-corrected chi connectivity index (χ1v) is 17.7. The summed E-state index contributed by atoms with van der Waals surface area (Å²) < 4.78 is 0. The van der Waals surface area contributed by atoms with Crippen molar-refractivity contribution in [1.82, 2.24) is 19.9 Å². The summed E-state index contributed by atoms with van der Waals surface area (Å²) in [5.41, 5.74) is 20.7. The van der Waals surface area contributed by atoms with Gasteiger partial charge in [-0.25, -0.2) is 9.97 Å². The lowest BCUT2D eigenvalue weighted by Crippen LogP contribution is -1.94. The number of hydrogen-bond acceptors (Lipinski definition) is 2. The second-order valence-corrected chi connectivity index (χ2v) is 12.5. The van der Waals surface area contributed by atoms with Crippen molar-refractivity contribution in [2.75, 3.05) is 0 Å². The minimum absolute atomic E-state index is 0.992. The quantitative estimate of drug-likeness (QED) is 0.220. The molecule has 0 unspecified atom stereocenters. The lowest BCUT2D eigenvalue weighted by atomic mass is 9.92. The fourth-order valence-electron chi connectivity index (χ4n) is 7.66. The zero-order chi connectivity index (χ0) is 31.4. The average Bonchev–Trinajstić information content (AvgIpc) is 3.74. The van der Waals surface area contributed by atoms with Crippen LogP contribution in [-0.4, -0.2) is 19.9 Å². The van der Waals surface area contributed by atoms with Crippen LogP contribution in [0.4, 0.5) is 0 Å². The molecule has 4 heteroatoms. The van der Waals surface area contributed by atoms with E-state index in [1.807, 2.05) is 0 Å². The zero-order valence-corrected chi connectivity index (χ0v) is 28.7. The number of hydrogen-bond donors (Lipinski definition) is 2. The molecule has 234 valence electrons. The van der Waals surface area contributed by atoms with E-state index in [1.54, 1.807) is 0 Å². The minimum atomic E-state index is 0.992. The smallest absolute Gasteiger partial charge is 0.0932 e. The second kappa shape index (κ2) is 14.1. The van der Waals surface area contributed by atoms with Crippen LogP contribution in [0.15, 0.2) is 24.3 Å². The molecule has 44 heavy (non-hydrogen) atoms. The number of nitrogens with one attached hydrogen (secondary N) is 2. The molecule has 0 aliphatic carbocycles. The van der Waals surface area contributed by atoms with Crippen molar-refractivity contribution in [2.45, 2.75) is 132 Å². The van der Waals surface area contributed by atoms with Crippen LogP contribution in [0.25, 0.3) is 44.4 Å². The molecule has 3 aromatic heterocycles. The molecule has 0 spiro atoms. The van der Waals surface area contributed by atoms with Gasteiger partial charge in [-0.15, -0.1) is 0 Å². The molecule has 0 atom stereocenters. The highest BCUT2D eigenvalue weighted by atomic mass is 14.8. The topological polar surface area (TPSA) is 57.4 Å². The van der Waals surface area contributed by atoms with Gasteiger partial charge < -0.3 is 9.97 Å². The summed E-state index contributed by atoms with van der Waals surface area (Å²) in [6.45, 7) is 18.3. The van der Waals surface area contributed by atoms with Gasteiger partial charge in [-0.05, 0) is 120 Å². The Bertz CT molecular complexity index is 1740. The van der Waals surface area contributed by atoms with E-state index < -0.39 is 0 Å². The zero-order valence-electron chi connectivity index (χ0n) is 28.7. The molecular weight excluding hydrogens is 536 g/mol. The minimum Gasteiger partial charge on any atom is -0.355 e. The van der Waals surface area contributed by atoms with Gasteiger partial charge in [-0.3, -0.25) is 0 Å². The van der Waals surface area contributed by atoms with E-state index in [4.69, 9.17) is 9.97 Å². The van der Waals surface area contributed by atoms with Gasteiger partial charge in [-0.1, -0.05) is 81.1 Å². The van der Waals surface area contributed by atoms with Gasteiger partial charge >= 0.3 is 0 Å². The highest BCUT2D eigenvalue weighted by molar-refractivity contribution is 6.00. The number of aromatic amines is 2. The van der Waals surface area contributed by atoms with E-state index in [0.29, 0.717) is 0 Å². The maximum Gasteiger partial charge on any atom is 0.0932 e. The molecule has 5 rings (SSSR count). The number of rotatable bonds is 12.